The second-order valence-electron chi connectivity index (χ2n) is 7.66. The molecule has 0 fully saturated rings. The summed E-state index contributed by atoms with van der Waals surface area (Å²) in [5.74, 6) is 0.912. The van der Waals surface area contributed by atoms with Gasteiger partial charge in [-0.05, 0) is 44.8 Å². The van der Waals surface area contributed by atoms with Crippen LogP contribution < -0.4 is 4.74 Å². The molecule has 5 rings (SSSR count). The normalized spacial score (nSPS) is 16.0. The summed E-state index contributed by atoms with van der Waals surface area (Å²) in [7, 11) is 1.73. The fourth-order valence-corrected chi connectivity index (χ4v) is 4.15. The predicted octanol–water partition coefficient (Wildman–Crippen LogP) is 5.93. The number of oxime groups is 1. The molecule has 0 N–H and O–H groups in total. The molecule has 144 valence electrons. The molecular weight excluding hydrogens is 358 g/mol. The first kappa shape index (κ1) is 17.7. The Kier molecular flexibility index (Phi) is 4.65. The Morgan fingerprint density at radius 2 is 1.55 bits per heavy atom. The molecule has 0 aliphatic carbocycles. The van der Waals surface area contributed by atoms with Crippen LogP contribution in [0.15, 0.2) is 84.0 Å². The topological polar surface area (TPSA) is 30.8 Å². The van der Waals surface area contributed by atoms with Crippen LogP contribution in [0.4, 0.5) is 0 Å². The summed E-state index contributed by atoms with van der Waals surface area (Å²) in [6.45, 7) is 0. The third kappa shape index (κ3) is 3.68. The van der Waals surface area contributed by atoms with E-state index in [9.17, 15) is 0 Å². The molecule has 1 atom stereocenters. The molecule has 1 heterocycles. The van der Waals surface area contributed by atoms with Crippen LogP contribution in [-0.2, 0) is 17.7 Å². The molecule has 0 aromatic heterocycles. The van der Waals surface area contributed by atoms with Gasteiger partial charge in [-0.2, -0.15) is 0 Å². The van der Waals surface area contributed by atoms with Crippen LogP contribution in [0.25, 0.3) is 21.5 Å². The second kappa shape index (κ2) is 7.59. The zero-order valence-electron chi connectivity index (χ0n) is 16.5. The van der Waals surface area contributed by atoms with Crippen molar-refractivity contribution in [3.63, 3.8) is 0 Å². The number of nitrogens with zero attached hydrogens (tertiary/aromatic N) is 1. The van der Waals surface area contributed by atoms with Crippen LogP contribution in [0.1, 0.15) is 17.5 Å². The van der Waals surface area contributed by atoms with Crippen molar-refractivity contribution in [2.45, 2.75) is 25.4 Å². The minimum absolute atomic E-state index is 0.0560. The largest absolute Gasteiger partial charge is 0.496 e. The predicted molar refractivity (Wildman–Crippen MR) is 119 cm³/mol. The van der Waals surface area contributed by atoms with E-state index in [-0.39, 0.29) is 6.10 Å². The lowest BCUT2D eigenvalue weighted by atomic mass is 9.97. The Balaban J connectivity index is 1.29. The Bertz CT molecular complexity index is 1210. The van der Waals surface area contributed by atoms with Gasteiger partial charge in [-0.25, -0.2) is 0 Å². The van der Waals surface area contributed by atoms with Crippen molar-refractivity contribution in [1.29, 1.82) is 0 Å². The molecular formula is C26H23NO2. The minimum Gasteiger partial charge on any atom is -0.496 e. The van der Waals surface area contributed by atoms with Gasteiger partial charge in [0, 0.05) is 19.3 Å². The summed E-state index contributed by atoms with van der Waals surface area (Å²) in [6.07, 6.45) is 2.53. The summed E-state index contributed by atoms with van der Waals surface area (Å²) in [4.78, 5) is 5.77. The first-order chi connectivity index (χ1) is 14.3. The number of methoxy groups -OCH3 is 1. The third-order valence-electron chi connectivity index (χ3n) is 5.61. The Hall–Kier alpha value is -3.33. The lowest BCUT2D eigenvalue weighted by molar-refractivity contribution is 0.0854. The van der Waals surface area contributed by atoms with Crippen LogP contribution in [0.3, 0.4) is 0 Å². The summed E-state index contributed by atoms with van der Waals surface area (Å²) in [5.41, 5.74) is 3.54. The van der Waals surface area contributed by atoms with E-state index in [0.29, 0.717) is 0 Å². The van der Waals surface area contributed by atoms with Gasteiger partial charge in [-0.3, -0.25) is 0 Å². The van der Waals surface area contributed by atoms with Gasteiger partial charge < -0.3 is 9.57 Å². The van der Waals surface area contributed by atoms with Crippen molar-refractivity contribution < 1.29 is 9.57 Å². The average molecular weight is 381 g/mol. The summed E-state index contributed by atoms with van der Waals surface area (Å²) >= 11 is 0. The number of rotatable bonds is 5. The molecule has 3 nitrogen and oxygen atoms in total. The highest BCUT2D eigenvalue weighted by Gasteiger charge is 2.23. The van der Waals surface area contributed by atoms with Crippen LogP contribution >= 0.6 is 0 Å². The van der Waals surface area contributed by atoms with E-state index in [4.69, 9.17) is 9.57 Å². The van der Waals surface area contributed by atoms with Gasteiger partial charge in [0.2, 0.25) is 0 Å². The maximum atomic E-state index is 5.77. The van der Waals surface area contributed by atoms with Crippen molar-refractivity contribution in [2.24, 2.45) is 5.16 Å². The molecule has 0 spiro atoms. The van der Waals surface area contributed by atoms with E-state index >= 15 is 0 Å². The summed E-state index contributed by atoms with van der Waals surface area (Å²) in [6, 6.07) is 27.7. The Morgan fingerprint density at radius 3 is 2.31 bits per heavy atom. The molecule has 1 unspecified atom stereocenters. The van der Waals surface area contributed by atoms with Gasteiger partial charge in [0.05, 0.1) is 12.8 Å². The number of hydrogen-bond donors (Lipinski definition) is 0. The van der Waals surface area contributed by atoms with Gasteiger partial charge in [0.1, 0.15) is 11.9 Å². The van der Waals surface area contributed by atoms with Gasteiger partial charge >= 0.3 is 0 Å². The third-order valence-corrected chi connectivity index (χ3v) is 5.61. The SMILES string of the molecule is COc1cc2ccccc2cc1CC1CC(Cc2ccc3ccccc3c2)=NO1. The molecule has 1 aliphatic rings. The standard InChI is InChI=1S/C26H23NO2/c1-28-26-16-22-9-5-4-8-21(22)14-23(26)15-25-17-24(27-29-25)13-18-10-11-19-6-2-3-7-20(19)12-18/h2-12,14,16,25H,13,15,17H2,1H3. The van der Waals surface area contributed by atoms with Crippen LogP contribution in [-0.4, -0.2) is 18.9 Å². The van der Waals surface area contributed by atoms with E-state index < -0.39 is 0 Å². The number of ether oxygens (including phenoxy) is 1. The molecule has 0 radical (unpaired) electrons. The van der Waals surface area contributed by atoms with Crippen molar-refractivity contribution >= 4 is 27.3 Å². The lowest BCUT2D eigenvalue weighted by Crippen LogP contribution is -2.13. The molecule has 0 bridgehead atoms. The van der Waals surface area contributed by atoms with E-state index in [1.807, 2.05) is 0 Å². The molecule has 1 aliphatic heterocycles. The first-order valence-corrected chi connectivity index (χ1v) is 10.0. The van der Waals surface area contributed by atoms with Crippen molar-refractivity contribution in [3.05, 3.63) is 90.0 Å². The number of fused-ring (bicyclic) bond motifs is 2. The highest BCUT2D eigenvalue weighted by atomic mass is 16.6. The number of hydrogen-bond acceptors (Lipinski definition) is 3. The van der Waals surface area contributed by atoms with Crippen molar-refractivity contribution in [1.82, 2.24) is 0 Å². The highest BCUT2D eigenvalue weighted by Crippen LogP contribution is 2.29. The van der Waals surface area contributed by atoms with E-state index in [1.165, 1.54) is 32.7 Å². The van der Waals surface area contributed by atoms with Gasteiger partial charge in [0.25, 0.3) is 0 Å². The zero-order valence-corrected chi connectivity index (χ0v) is 16.5. The lowest BCUT2D eigenvalue weighted by Gasteiger charge is -2.13. The zero-order chi connectivity index (χ0) is 19.6. The molecule has 0 saturated heterocycles. The maximum Gasteiger partial charge on any atom is 0.137 e. The van der Waals surface area contributed by atoms with Crippen molar-refractivity contribution in [2.75, 3.05) is 7.11 Å². The first-order valence-electron chi connectivity index (χ1n) is 10.0. The quantitative estimate of drug-likeness (QED) is 0.429. The fourth-order valence-electron chi connectivity index (χ4n) is 4.15. The van der Waals surface area contributed by atoms with Gasteiger partial charge in [-0.1, -0.05) is 71.9 Å². The van der Waals surface area contributed by atoms with E-state index in [2.05, 4.69) is 84.0 Å². The minimum atomic E-state index is 0.0560. The Morgan fingerprint density at radius 1 is 0.862 bits per heavy atom. The molecule has 0 amide bonds. The van der Waals surface area contributed by atoms with E-state index in [1.54, 1.807) is 7.11 Å². The molecule has 29 heavy (non-hydrogen) atoms. The molecule has 3 heteroatoms. The molecule has 4 aromatic rings. The Labute approximate surface area is 170 Å². The fraction of sp³-hybridized carbons (Fsp3) is 0.192. The molecule has 0 saturated carbocycles. The van der Waals surface area contributed by atoms with Gasteiger partial charge in [0.15, 0.2) is 0 Å². The monoisotopic (exact) mass is 381 g/mol. The van der Waals surface area contributed by atoms with Gasteiger partial charge in [-0.15, -0.1) is 0 Å². The summed E-state index contributed by atoms with van der Waals surface area (Å²) in [5, 5.41) is 9.32. The summed E-state index contributed by atoms with van der Waals surface area (Å²) < 4.78 is 5.63. The number of benzene rings is 4. The van der Waals surface area contributed by atoms with Crippen molar-refractivity contribution in [3.8, 4) is 5.75 Å². The average Bonchev–Trinajstić information content (AvgIpc) is 3.20. The second-order valence-corrected chi connectivity index (χ2v) is 7.66. The van der Waals surface area contributed by atoms with Crippen LogP contribution in [0, 0.1) is 0 Å². The van der Waals surface area contributed by atoms with Crippen LogP contribution in [0.2, 0.25) is 0 Å². The van der Waals surface area contributed by atoms with E-state index in [0.717, 1.165) is 30.7 Å². The highest BCUT2D eigenvalue weighted by molar-refractivity contribution is 5.90. The smallest absolute Gasteiger partial charge is 0.137 e. The van der Waals surface area contributed by atoms with Crippen LogP contribution in [0.5, 0.6) is 5.75 Å². The molecule has 4 aromatic carbocycles. The maximum absolute atomic E-state index is 5.77.